The highest BCUT2D eigenvalue weighted by molar-refractivity contribution is 7.98. The molecule has 1 unspecified atom stereocenters. The molecule has 2 heterocycles. The van der Waals surface area contributed by atoms with Gasteiger partial charge in [0.15, 0.2) is 0 Å². The average molecular weight is 318 g/mol. The van der Waals surface area contributed by atoms with E-state index < -0.39 is 6.10 Å². The number of fused-ring (bicyclic) bond motifs is 1. The number of rotatable bonds is 4. The highest BCUT2D eigenvalue weighted by atomic mass is 32.2. The summed E-state index contributed by atoms with van der Waals surface area (Å²) < 4.78 is 5.75. The maximum absolute atomic E-state index is 10.6. The Labute approximate surface area is 133 Å². The molecule has 1 N–H and O–H groups in total. The second kappa shape index (κ2) is 5.67. The zero-order chi connectivity index (χ0) is 14.2. The van der Waals surface area contributed by atoms with E-state index in [2.05, 4.69) is 6.07 Å². The van der Waals surface area contributed by atoms with E-state index in [1.807, 2.05) is 36.0 Å². The number of thiophene rings is 1. The van der Waals surface area contributed by atoms with Gasteiger partial charge in [-0.15, -0.1) is 11.3 Å². The van der Waals surface area contributed by atoms with Gasteiger partial charge < -0.3 is 9.84 Å². The Bertz CT molecular complexity index is 605. The number of aliphatic hydroxyl groups is 1. The molecule has 1 saturated carbocycles. The molecule has 1 atom stereocenters. The molecule has 0 bridgehead atoms. The molecule has 21 heavy (non-hydrogen) atoms. The van der Waals surface area contributed by atoms with Crippen LogP contribution in [0.4, 0.5) is 0 Å². The molecule has 2 aliphatic rings. The van der Waals surface area contributed by atoms with Crippen molar-refractivity contribution in [3.8, 4) is 5.75 Å². The van der Waals surface area contributed by atoms with E-state index >= 15 is 0 Å². The van der Waals surface area contributed by atoms with Crippen molar-refractivity contribution in [1.29, 1.82) is 0 Å². The van der Waals surface area contributed by atoms with Gasteiger partial charge in [0.05, 0.1) is 6.10 Å². The first kappa shape index (κ1) is 13.7. The molecule has 4 heteroatoms. The van der Waals surface area contributed by atoms with Crippen LogP contribution in [0.1, 0.15) is 39.8 Å². The molecule has 110 valence electrons. The number of aryl methyl sites for hydroxylation is 1. The normalized spacial score (nSPS) is 19.1. The molecule has 2 nitrogen and oxygen atoms in total. The van der Waals surface area contributed by atoms with Gasteiger partial charge >= 0.3 is 0 Å². The van der Waals surface area contributed by atoms with Gasteiger partial charge in [-0.1, -0.05) is 12.1 Å². The predicted molar refractivity (Wildman–Crippen MR) is 88.3 cm³/mol. The summed E-state index contributed by atoms with van der Waals surface area (Å²) >= 11 is 3.75. The summed E-state index contributed by atoms with van der Waals surface area (Å²) in [6.45, 7) is 0. The van der Waals surface area contributed by atoms with Crippen molar-refractivity contribution in [3.05, 3.63) is 51.2 Å². The maximum atomic E-state index is 10.6. The van der Waals surface area contributed by atoms with Crippen LogP contribution in [-0.4, -0.2) is 17.0 Å². The van der Waals surface area contributed by atoms with E-state index in [9.17, 15) is 5.11 Å². The summed E-state index contributed by atoms with van der Waals surface area (Å²) in [5.41, 5.74) is 2.36. The number of hydrogen-bond acceptors (Lipinski definition) is 4. The number of benzene rings is 1. The number of aliphatic hydroxyl groups excluding tert-OH is 1. The lowest BCUT2D eigenvalue weighted by molar-refractivity contribution is 0.224. The molecule has 1 aromatic carbocycles. The third-order valence-corrected chi connectivity index (χ3v) is 6.24. The Hall–Kier alpha value is -0.970. The monoisotopic (exact) mass is 318 g/mol. The van der Waals surface area contributed by atoms with Crippen LogP contribution in [0.2, 0.25) is 0 Å². The molecule has 0 amide bonds. The van der Waals surface area contributed by atoms with Crippen LogP contribution in [0.25, 0.3) is 0 Å². The van der Waals surface area contributed by atoms with Gasteiger partial charge in [0.25, 0.3) is 0 Å². The van der Waals surface area contributed by atoms with Crippen molar-refractivity contribution in [2.45, 2.75) is 37.2 Å². The largest absolute Gasteiger partial charge is 0.490 e. The van der Waals surface area contributed by atoms with Crippen LogP contribution in [-0.2, 0) is 12.2 Å². The molecule has 1 aromatic heterocycles. The number of ether oxygens (including phenoxy) is 1. The van der Waals surface area contributed by atoms with Crippen LogP contribution in [0.5, 0.6) is 5.75 Å². The molecule has 0 radical (unpaired) electrons. The van der Waals surface area contributed by atoms with Crippen molar-refractivity contribution in [3.63, 3.8) is 0 Å². The van der Waals surface area contributed by atoms with E-state index in [4.69, 9.17) is 4.74 Å². The SMILES string of the molecule is OC(c1ccc(OC2CC2)cc1)c1cc2c(s1)CCSC2. The molecule has 2 aromatic rings. The Morgan fingerprint density at radius 3 is 2.71 bits per heavy atom. The first-order chi connectivity index (χ1) is 10.3. The third kappa shape index (κ3) is 2.98. The fourth-order valence-corrected chi connectivity index (χ4v) is 4.97. The first-order valence-electron chi connectivity index (χ1n) is 7.43. The Morgan fingerprint density at radius 2 is 2.00 bits per heavy atom. The van der Waals surface area contributed by atoms with E-state index in [1.54, 1.807) is 11.3 Å². The summed E-state index contributed by atoms with van der Waals surface area (Å²) in [7, 11) is 0. The maximum Gasteiger partial charge on any atom is 0.119 e. The third-order valence-electron chi connectivity index (χ3n) is 3.94. The minimum absolute atomic E-state index is 0.419. The molecule has 0 spiro atoms. The molecular weight excluding hydrogens is 300 g/mol. The first-order valence-corrected chi connectivity index (χ1v) is 9.40. The summed E-state index contributed by atoms with van der Waals surface area (Å²) in [6, 6.07) is 10.1. The molecular formula is C17H18O2S2. The summed E-state index contributed by atoms with van der Waals surface area (Å²) in [4.78, 5) is 2.52. The van der Waals surface area contributed by atoms with Gasteiger partial charge in [0.2, 0.25) is 0 Å². The van der Waals surface area contributed by atoms with E-state index in [0.29, 0.717) is 6.10 Å². The minimum Gasteiger partial charge on any atom is -0.490 e. The quantitative estimate of drug-likeness (QED) is 0.918. The number of thioether (sulfide) groups is 1. The lowest BCUT2D eigenvalue weighted by Crippen LogP contribution is -1.99. The van der Waals surface area contributed by atoms with Crippen LogP contribution < -0.4 is 4.74 Å². The Kier molecular flexibility index (Phi) is 3.69. The second-order valence-electron chi connectivity index (χ2n) is 5.69. The molecule has 1 aliphatic heterocycles. The lowest BCUT2D eigenvalue weighted by atomic mass is 10.1. The lowest BCUT2D eigenvalue weighted by Gasteiger charge is -2.10. The summed E-state index contributed by atoms with van der Waals surface area (Å²) in [5.74, 6) is 3.21. The predicted octanol–water partition coefficient (Wildman–Crippen LogP) is 4.16. The van der Waals surface area contributed by atoms with Crippen molar-refractivity contribution in [1.82, 2.24) is 0 Å². The van der Waals surface area contributed by atoms with Gasteiger partial charge in [-0.2, -0.15) is 11.8 Å². The fourth-order valence-electron chi connectivity index (χ4n) is 2.58. The van der Waals surface area contributed by atoms with Gasteiger partial charge in [-0.25, -0.2) is 0 Å². The second-order valence-corrected chi connectivity index (χ2v) is 7.96. The minimum atomic E-state index is -0.513. The van der Waals surface area contributed by atoms with Gasteiger partial charge in [0, 0.05) is 15.5 Å². The van der Waals surface area contributed by atoms with Crippen LogP contribution in [0.15, 0.2) is 30.3 Å². The van der Waals surface area contributed by atoms with E-state index in [1.165, 1.54) is 29.0 Å². The average Bonchev–Trinajstić information content (AvgIpc) is 3.22. The van der Waals surface area contributed by atoms with Crippen molar-refractivity contribution in [2.75, 3.05) is 5.75 Å². The standard InChI is InChI=1S/C17H18O2S2/c18-17(16-9-12-10-20-8-7-15(12)21-16)11-1-3-13(4-2-11)19-14-5-6-14/h1-4,9,14,17-18H,5-8,10H2. The molecule has 4 rings (SSSR count). The van der Waals surface area contributed by atoms with Crippen molar-refractivity contribution < 1.29 is 9.84 Å². The summed E-state index contributed by atoms with van der Waals surface area (Å²) in [6.07, 6.45) is 3.39. The highest BCUT2D eigenvalue weighted by Gasteiger charge is 2.23. The highest BCUT2D eigenvalue weighted by Crippen LogP contribution is 2.37. The van der Waals surface area contributed by atoms with Crippen molar-refractivity contribution in [2.24, 2.45) is 0 Å². The molecule has 1 aliphatic carbocycles. The Morgan fingerprint density at radius 1 is 1.19 bits per heavy atom. The smallest absolute Gasteiger partial charge is 0.119 e. The number of hydrogen-bond donors (Lipinski definition) is 1. The fraction of sp³-hybridized carbons (Fsp3) is 0.412. The topological polar surface area (TPSA) is 29.5 Å². The zero-order valence-corrected chi connectivity index (χ0v) is 13.4. The molecule has 1 fully saturated rings. The van der Waals surface area contributed by atoms with Crippen molar-refractivity contribution >= 4 is 23.1 Å². The van der Waals surface area contributed by atoms with E-state index in [0.717, 1.165) is 28.4 Å². The summed E-state index contributed by atoms with van der Waals surface area (Å²) in [5, 5.41) is 10.6. The zero-order valence-electron chi connectivity index (χ0n) is 11.7. The van der Waals surface area contributed by atoms with Crippen LogP contribution in [0, 0.1) is 0 Å². The van der Waals surface area contributed by atoms with Gasteiger partial charge in [-0.05, 0) is 54.3 Å². The van der Waals surface area contributed by atoms with Crippen LogP contribution >= 0.6 is 23.1 Å². The molecule has 0 saturated heterocycles. The van der Waals surface area contributed by atoms with E-state index in [-0.39, 0.29) is 0 Å². The Balaban J connectivity index is 1.52. The van der Waals surface area contributed by atoms with Crippen LogP contribution in [0.3, 0.4) is 0 Å². The van der Waals surface area contributed by atoms with Gasteiger partial charge in [0.1, 0.15) is 11.9 Å². The van der Waals surface area contributed by atoms with Gasteiger partial charge in [-0.3, -0.25) is 0 Å².